The maximum Gasteiger partial charge on any atom is 0.410 e. The number of Topliss-reactive ketones (excluding diaryl/α,β-unsaturated/α-hetero) is 1. The molecule has 20 heavy (non-hydrogen) atoms. The van der Waals surface area contributed by atoms with Gasteiger partial charge in [0.2, 0.25) is 0 Å². The molecule has 0 aromatic heterocycles. The van der Waals surface area contributed by atoms with Crippen molar-refractivity contribution in [2.24, 2.45) is 5.73 Å². The zero-order chi connectivity index (χ0) is 15.3. The van der Waals surface area contributed by atoms with Crippen LogP contribution in [0.3, 0.4) is 0 Å². The zero-order valence-corrected chi connectivity index (χ0v) is 13.0. The summed E-state index contributed by atoms with van der Waals surface area (Å²) in [5, 5.41) is 0. The molecule has 0 aliphatic carbocycles. The molecular weight excluding hydrogens is 258 g/mol. The summed E-state index contributed by atoms with van der Waals surface area (Å²) < 4.78 is 5.34. The number of hydrogen-bond acceptors (Lipinski definition) is 5. The van der Waals surface area contributed by atoms with Crippen LogP contribution in [0.25, 0.3) is 0 Å². The standard InChI is InChI=1S/C14H27N3O3/c1-11(15)12(18)5-6-16-7-9-17(10-8-16)13(19)20-14(2,3)4/h11H,5-10,15H2,1-4H3. The van der Waals surface area contributed by atoms with Crippen LogP contribution in [0.2, 0.25) is 0 Å². The predicted molar refractivity (Wildman–Crippen MR) is 77.5 cm³/mol. The fourth-order valence-electron chi connectivity index (χ4n) is 1.98. The molecule has 6 nitrogen and oxygen atoms in total. The number of carbonyl (C=O) groups is 2. The van der Waals surface area contributed by atoms with Gasteiger partial charge in [-0.1, -0.05) is 0 Å². The van der Waals surface area contributed by atoms with Gasteiger partial charge in [0.15, 0.2) is 5.78 Å². The number of piperazine rings is 1. The molecule has 1 fully saturated rings. The van der Waals surface area contributed by atoms with Crippen LogP contribution in [0, 0.1) is 0 Å². The van der Waals surface area contributed by atoms with Gasteiger partial charge in [-0.25, -0.2) is 4.79 Å². The van der Waals surface area contributed by atoms with Crippen LogP contribution in [-0.4, -0.2) is 66.0 Å². The number of nitrogens with two attached hydrogens (primary N) is 1. The van der Waals surface area contributed by atoms with Gasteiger partial charge in [0.25, 0.3) is 0 Å². The highest BCUT2D eigenvalue weighted by molar-refractivity contribution is 5.83. The minimum absolute atomic E-state index is 0.0829. The van der Waals surface area contributed by atoms with Gasteiger partial charge in [0.05, 0.1) is 6.04 Å². The zero-order valence-electron chi connectivity index (χ0n) is 13.0. The Labute approximate surface area is 121 Å². The summed E-state index contributed by atoms with van der Waals surface area (Å²) in [7, 11) is 0. The topological polar surface area (TPSA) is 75.9 Å². The van der Waals surface area contributed by atoms with Crippen molar-refractivity contribution in [3.8, 4) is 0 Å². The molecule has 2 N–H and O–H groups in total. The van der Waals surface area contributed by atoms with Crippen molar-refractivity contribution >= 4 is 11.9 Å². The number of nitrogens with zero attached hydrogens (tertiary/aromatic N) is 2. The van der Waals surface area contributed by atoms with E-state index in [9.17, 15) is 9.59 Å². The summed E-state index contributed by atoms with van der Waals surface area (Å²) in [6.07, 6.45) is 0.216. The van der Waals surface area contributed by atoms with E-state index in [-0.39, 0.29) is 11.9 Å². The van der Waals surface area contributed by atoms with Crippen LogP contribution < -0.4 is 5.73 Å². The largest absolute Gasteiger partial charge is 0.444 e. The van der Waals surface area contributed by atoms with E-state index >= 15 is 0 Å². The lowest BCUT2D eigenvalue weighted by molar-refractivity contribution is -0.120. The molecule has 0 bridgehead atoms. The molecule has 1 aliphatic rings. The summed E-state index contributed by atoms with van der Waals surface area (Å²) >= 11 is 0. The average molecular weight is 285 g/mol. The van der Waals surface area contributed by atoms with Crippen LogP contribution >= 0.6 is 0 Å². The first-order valence-electron chi connectivity index (χ1n) is 7.17. The van der Waals surface area contributed by atoms with E-state index in [1.807, 2.05) is 20.8 Å². The van der Waals surface area contributed by atoms with Crippen molar-refractivity contribution in [2.75, 3.05) is 32.7 Å². The normalized spacial score (nSPS) is 18.8. The molecule has 0 saturated carbocycles. The molecule has 1 amide bonds. The SMILES string of the molecule is CC(N)C(=O)CCN1CCN(C(=O)OC(C)(C)C)CC1. The monoisotopic (exact) mass is 285 g/mol. The Morgan fingerprint density at radius 3 is 2.20 bits per heavy atom. The van der Waals surface area contributed by atoms with Gasteiger partial charge < -0.3 is 15.4 Å². The molecule has 1 aliphatic heterocycles. The molecule has 1 atom stereocenters. The maximum atomic E-state index is 11.9. The number of rotatable bonds is 4. The Bertz CT molecular complexity index is 342. The highest BCUT2D eigenvalue weighted by atomic mass is 16.6. The predicted octanol–water partition coefficient (Wildman–Crippen LogP) is 0.846. The lowest BCUT2D eigenvalue weighted by atomic mass is 10.1. The van der Waals surface area contributed by atoms with Crippen LogP contribution in [0.5, 0.6) is 0 Å². The van der Waals surface area contributed by atoms with Crippen LogP contribution in [0.15, 0.2) is 0 Å². The van der Waals surface area contributed by atoms with Gasteiger partial charge in [0, 0.05) is 39.1 Å². The first-order chi connectivity index (χ1) is 9.19. The Morgan fingerprint density at radius 2 is 1.75 bits per heavy atom. The number of carbonyl (C=O) groups excluding carboxylic acids is 2. The molecule has 1 heterocycles. The minimum Gasteiger partial charge on any atom is -0.444 e. The smallest absolute Gasteiger partial charge is 0.410 e. The second-order valence-electron chi connectivity index (χ2n) is 6.31. The Balaban J connectivity index is 2.30. The van der Waals surface area contributed by atoms with Gasteiger partial charge in [-0.3, -0.25) is 9.69 Å². The molecule has 6 heteroatoms. The fourth-order valence-corrected chi connectivity index (χ4v) is 1.98. The third kappa shape index (κ3) is 5.88. The number of amides is 1. The van der Waals surface area contributed by atoms with Gasteiger partial charge in [-0.2, -0.15) is 0 Å². The van der Waals surface area contributed by atoms with E-state index in [1.54, 1.807) is 11.8 Å². The van der Waals surface area contributed by atoms with Crippen molar-refractivity contribution in [2.45, 2.75) is 45.8 Å². The van der Waals surface area contributed by atoms with E-state index in [4.69, 9.17) is 10.5 Å². The van der Waals surface area contributed by atoms with E-state index < -0.39 is 11.6 Å². The van der Waals surface area contributed by atoms with Gasteiger partial charge in [-0.15, -0.1) is 0 Å². The average Bonchev–Trinajstić information content (AvgIpc) is 2.34. The van der Waals surface area contributed by atoms with E-state index in [0.717, 1.165) is 13.1 Å². The number of hydrogen-bond donors (Lipinski definition) is 1. The lowest BCUT2D eigenvalue weighted by Gasteiger charge is -2.35. The van der Waals surface area contributed by atoms with Crippen LogP contribution in [-0.2, 0) is 9.53 Å². The van der Waals surface area contributed by atoms with Gasteiger partial charge in [0.1, 0.15) is 5.60 Å². The van der Waals surface area contributed by atoms with Crippen LogP contribution in [0.1, 0.15) is 34.1 Å². The van der Waals surface area contributed by atoms with Crippen molar-refractivity contribution in [3.05, 3.63) is 0 Å². The molecule has 0 aromatic carbocycles. The fraction of sp³-hybridized carbons (Fsp3) is 0.857. The van der Waals surface area contributed by atoms with Crippen molar-refractivity contribution in [1.82, 2.24) is 9.80 Å². The maximum absolute atomic E-state index is 11.9. The summed E-state index contributed by atoms with van der Waals surface area (Å²) in [5.41, 5.74) is 5.07. The Morgan fingerprint density at radius 1 is 1.20 bits per heavy atom. The van der Waals surface area contributed by atoms with E-state index in [0.29, 0.717) is 26.1 Å². The van der Waals surface area contributed by atoms with E-state index in [2.05, 4.69) is 4.90 Å². The quantitative estimate of drug-likeness (QED) is 0.828. The third-order valence-corrected chi connectivity index (χ3v) is 3.21. The first kappa shape index (κ1) is 16.9. The Hall–Kier alpha value is -1.14. The minimum atomic E-state index is -0.460. The molecule has 116 valence electrons. The molecule has 0 aromatic rings. The molecule has 1 rings (SSSR count). The Kier molecular flexibility index (Phi) is 5.95. The summed E-state index contributed by atoms with van der Waals surface area (Å²) in [6, 6.07) is -0.391. The molecule has 0 radical (unpaired) electrons. The van der Waals surface area contributed by atoms with Crippen molar-refractivity contribution in [3.63, 3.8) is 0 Å². The summed E-state index contributed by atoms with van der Waals surface area (Å²) in [6.45, 7) is 10.8. The second-order valence-corrected chi connectivity index (χ2v) is 6.31. The summed E-state index contributed by atoms with van der Waals surface area (Å²) in [4.78, 5) is 27.3. The lowest BCUT2D eigenvalue weighted by Crippen LogP contribution is -2.50. The second kappa shape index (κ2) is 7.04. The van der Waals surface area contributed by atoms with Crippen molar-refractivity contribution in [1.29, 1.82) is 0 Å². The molecule has 0 spiro atoms. The molecule has 1 unspecified atom stereocenters. The highest BCUT2D eigenvalue weighted by Crippen LogP contribution is 2.12. The van der Waals surface area contributed by atoms with Gasteiger partial charge in [-0.05, 0) is 27.7 Å². The van der Waals surface area contributed by atoms with Crippen LogP contribution in [0.4, 0.5) is 4.79 Å². The van der Waals surface area contributed by atoms with E-state index in [1.165, 1.54) is 0 Å². The third-order valence-electron chi connectivity index (χ3n) is 3.21. The number of ketones is 1. The molecule has 1 saturated heterocycles. The van der Waals surface area contributed by atoms with Crippen molar-refractivity contribution < 1.29 is 14.3 Å². The van der Waals surface area contributed by atoms with Gasteiger partial charge >= 0.3 is 6.09 Å². The molecular formula is C14H27N3O3. The first-order valence-corrected chi connectivity index (χ1v) is 7.17. The summed E-state index contributed by atoms with van der Waals surface area (Å²) in [5.74, 6) is 0.0829. The number of ether oxygens (including phenoxy) is 1. The highest BCUT2D eigenvalue weighted by Gasteiger charge is 2.25.